The molecule has 0 atom stereocenters. The number of nitrogens with two attached hydrogens (primary N) is 1. The molecule has 3 rings (SSSR count). The van der Waals surface area contributed by atoms with Crippen LogP contribution in [0.5, 0.6) is 0 Å². The number of carbonyl (C=O) groups is 1. The SMILES string of the molecule is C/C(=N\NC(=O)c1nnn(-c2nonc2N)c1C)c1ccc(C)cc1. The number of anilines is 1. The van der Waals surface area contributed by atoms with E-state index in [9.17, 15) is 4.79 Å². The van der Waals surface area contributed by atoms with Crippen LogP contribution in [0, 0.1) is 13.8 Å². The average Bonchev–Trinajstić information content (AvgIpc) is 3.18. The number of nitrogen functional groups attached to an aromatic ring is 1. The van der Waals surface area contributed by atoms with Crippen LogP contribution in [0.25, 0.3) is 5.82 Å². The fourth-order valence-corrected chi connectivity index (χ4v) is 2.12. The third-order valence-electron chi connectivity index (χ3n) is 3.60. The van der Waals surface area contributed by atoms with Crippen molar-refractivity contribution >= 4 is 17.4 Å². The maximum atomic E-state index is 12.3. The zero-order valence-corrected chi connectivity index (χ0v) is 13.9. The smallest absolute Gasteiger partial charge is 0.293 e. The number of hydrogen-bond donors (Lipinski definition) is 2. The third kappa shape index (κ3) is 3.22. The molecule has 2 heterocycles. The minimum Gasteiger partial charge on any atom is -0.378 e. The van der Waals surface area contributed by atoms with Gasteiger partial charge in [0.25, 0.3) is 5.91 Å². The zero-order valence-electron chi connectivity index (χ0n) is 13.9. The van der Waals surface area contributed by atoms with Crippen LogP contribution in [0.4, 0.5) is 5.82 Å². The molecule has 25 heavy (non-hydrogen) atoms. The lowest BCUT2D eigenvalue weighted by Gasteiger charge is -2.03. The van der Waals surface area contributed by atoms with Crippen LogP contribution in [0.3, 0.4) is 0 Å². The van der Waals surface area contributed by atoms with Crippen LogP contribution in [0.2, 0.25) is 0 Å². The molecule has 0 spiro atoms. The lowest BCUT2D eigenvalue weighted by atomic mass is 10.1. The van der Waals surface area contributed by atoms with E-state index >= 15 is 0 Å². The molecular weight excluding hydrogens is 324 g/mol. The Kier molecular flexibility index (Phi) is 4.25. The fraction of sp³-hybridized carbons (Fsp3) is 0.200. The van der Waals surface area contributed by atoms with E-state index in [4.69, 9.17) is 5.73 Å². The Morgan fingerprint density at radius 3 is 2.60 bits per heavy atom. The third-order valence-corrected chi connectivity index (χ3v) is 3.60. The maximum Gasteiger partial charge on any atom is 0.293 e. The largest absolute Gasteiger partial charge is 0.378 e. The lowest BCUT2D eigenvalue weighted by Crippen LogP contribution is -2.21. The Morgan fingerprint density at radius 2 is 1.96 bits per heavy atom. The quantitative estimate of drug-likeness (QED) is 0.534. The number of aromatic nitrogens is 5. The van der Waals surface area contributed by atoms with Crippen LogP contribution in [0.15, 0.2) is 34.0 Å². The highest BCUT2D eigenvalue weighted by Crippen LogP contribution is 2.14. The average molecular weight is 340 g/mol. The topological polar surface area (TPSA) is 137 Å². The van der Waals surface area contributed by atoms with Crippen molar-refractivity contribution in [2.24, 2.45) is 5.10 Å². The number of nitrogens with zero attached hydrogens (tertiary/aromatic N) is 6. The molecule has 10 nitrogen and oxygen atoms in total. The van der Waals surface area contributed by atoms with Crippen LogP contribution in [-0.2, 0) is 0 Å². The van der Waals surface area contributed by atoms with Crippen molar-refractivity contribution in [1.29, 1.82) is 0 Å². The summed E-state index contributed by atoms with van der Waals surface area (Å²) in [5.41, 5.74) is 11.4. The highest BCUT2D eigenvalue weighted by molar-refractivity contribution is 6.00. The molecule has 1 amide bonds. The molecule has 0 fully saturated rings. The van der Waals surface area contributed by atoms with Crippen molar-refractivity contribution in [3.63, 3.8) is 0 Å². The Balaban J connectivity index is 1.78. The molecule has 2 aromatic heterocycles. The number of rotatable bonds is 4. The van der Waals surface area contributed by atoms with E-state index in [0.717, 1.165) is 11.1 Å². The van der Waals surface area contributed by atoms with Gasteiger partial charge >= 0.3 is 0 Å². The number of hydrogen-bond acceptors (Lipinski definition) is 8. The maximum absolute atomic E-state index is 12.3. The number of hydrazone groups is 1. The van der Waals surface area contributed by atoms with Gasteiger partial charge in [-0.1, -0.05) is 35.0 Å². The standard InChI is InChI=1S/C15H16N8O2/c1-8-4-6-11(7-5-8)9(2)17-19-15(24)12-10(3)23(22-18-12)14-13(16)20-25-21-14/h4-7H,1-3H3,(H2,16,20)(H,19,24)/b17-9+. The van der Waals surface area contributed by atoms with E-state index in [-0.39, 0.29) is 17.3 Å². The van der Waals surface area contributed by atoms with Gasteiger partial charge in [-0.15, -0.1) is 5.10 Å². The van der Waals surface area contributed by atoms with E-state index in [2.05, 4.69) is 35.8 Å². The Labute approximate surface area is 142 Å². The van der Waals surface area contributed by atoms with Crippen molar-refractivity contribution in [3.8, 4) is 5.82 Å². The second kappa shape index (κ2) is 6.51. The first-order valence-electron chi connectivity index (χ1n) is 7.39. The van der Waals surface area contributed by atoms with Crippen LogP contribution < -0.4 is 11.2 Å². The summed E-state index contributed by atoms with van der Waals surface area (Å²) >= 11 is 0. The van der Waals surface area contributed by atoms with E-state index in [1.807, 2.05) is 31.2 Å². The van der Waals surface area contributed by atoms with Crippen molar-refractivity contribution in [1.82, 2.24) is 30.7 Å². The van der Waals surface area contributed by atoms with E-state index in [1.54, 1.807) is 13.8 Å². The van der Waals surface area contributed by atoms with E-state index < -0.39 is 5.91 Å². The van der Waals surface area contributed by atoms with Gasteiger partial charge in [-0.05, 0) is 36.6 Å². The molecule has 0 bridgehead atoms. The number of amides is 1. The molecule has 0 saturated heterocycles. The van der Waals surface area contributed by atoms with Crippen LogP contribution >= 0.6 is 0 Å². The molecule has 3 aromatic rings. The summed E-state index contributed by atoms with van der Waals surface area (Å²) < 4.78 is 5.80. The van der Waals surface area contributed by atoms with Gasteiger partial charge in [-0.3, -0.25) is 4.79 Å². The number of aryl methyl sites for hydroxylation is 1. The van der Waals surface area contributed by atoms with Crippen molar-refractivity contribution in [2.45, 2.75) is 20.8 Å². The predicted molar refractivity (Wildman–Crippen MR) is 89.2 cm³/mol. The summed E-state index contributed by atoms with van der Waals surface area (Å²) in [5, 5.41) is 18.9. The Hall–Kier alpha value is -3.56. The second-order valence-corrected chi connectivity index (χ2v) is 5.41. The summed E-state index contributed by atoms with van der Waals surface area (Å²) in [6.07, 6.45) is 0. The molecule has 0 unspecified atom stereocenters. The fourth-order valence-electron chi connectivity index (χ4n) is 2.12. The molecule has 0 radical (unpaired) electrons. The van der Waals surface area contributed by atoms with Crippen molar-refractivity contribution < 1.29 is 9.42 Å². The Morgan fingerprint density at radius 1 is 1.24 bits per heavy atom. The molecule has 0 saturated carbocycles. The first kappa shape index (κ1) is 16.3. The van der Waals surface area contributed by atoms with E-state index in [1.165, 1.54) is 4.68 Å². The van der Waals surface area contributed by atoms with Gasteiger partial charge in [-0.2, -0.15) is 9.78 Å². The van der Waals surface area contributed by atoms with Gasteiger partial charge in [0, 0.05) is 0 Å². The van der Waals surface area contributed by atoms with Gasteiger partial charge in [0.05, 0.1) is 11.4 Å². The number of benzene rings is 1. The van der Waals surface area contributed by atoms with Gasteiger partial charge in [0.15, 0.2) is 5.69 Å². The lowest BCUT2D eigenvalue weighted by molar-refractivity contribution is 0.0949. The first-order chi connectivity index (χ1) is 12.0. The molecule has 1 aromatic carbocycles. The van der Waals surface area contributed by atoms with Gasteiger partial charge in [-0.25, -0.2) is 10.1 Å². The predicted octanol–water partition coefficient (Wildman–Crippen LogP) is 1.00. The molecular formula is C15H16N8O2. The Bertz CT molecular complexity index is 939. The molecule has 0 aliphatic heterocycles. The van der Waals surface area contributed by atoms with Crippen LogP contribution in [-0.4, -0.2) is 36.9 Å². The highest BCUT2D eigenvalue weighted by Gasteiger charge is 2.20. The molecule has 3 N–H and O–H groups in total. The first-order valence-corrected chi connectivity index (χ1v) is 7.39. The van der Waals surface area contributed by atoms with Gasteiger partial charge in [0.1, 0.15) is 0 Å². The normalized spacial score (nSPS) is 11.6. The van der Waals surface area contributed by atoms with Gasteiger partial charge < -0.3 is 5.73 Å². The van der Waals surface area contributed by atoms with Crippen molar-refractivity contribution in [2.75, 3.05) is 5.73 Å². The number of carbonyl (C=O) groups excluding carboxylic acids is 1. The highest BCUT2D eigenvalue weighted by atomic mass is 16.6. The summed E-state index contributed by atoms with van der Waals surface area (Å²) in [7, 11) is 0. The minimum atomic E-state index is -0.495. The number of nitrogens with one attached hydrogen (secondary N) is 1. The molecule has 128 valence electrons. The summed E-state index contributed by atoms with van der Waals surface area (Å²) in [4.78, 5) is 12.3. The van der Waals surface area contributed by atoms with Crippen molar-refractivity contribution in [3.05, 3.63) is 46.8 Å². The molecule has 0 aliphatic carbocycles. The van der Waals surface area contributed by atoms with Crippen LogP contribution in [0.1, 0.15) is 34.2 Å². The summed E-state index contributed by atoms with van der Waals surface area (Å²) in [5.74, 6) is -0.276. The van der Waals surface area contributed by atoms with Gasteiger partial charge in [0.2, 0.25) is 11.6 Å². The molecule has 0 aliphatic rings. The monoisotopic (exact) mass is 340 g/mol. The summed E-state index contributed by atoms with van der Waals surface area (Å²) in [6.45, 7) is 5.46. The second-order valence-electron chi connectivity index (χ2n) is 5.41. The zero-order chi connectivity index (χ0) is 18.0. The summed E-state index contributed by atoms with van der Waals surface area (Å²) in [6, 6.07) is 7.81. The molecule has 10 heteroatoms. The minimum absolute atomic E-state index is 0.0493. The van der Waals surface area contributed by atoms with E-state index in [0.29, 0.717) is 11.4 Å².